The molecule has 2 aromatic carbocycles. The van der Waals surface area contributed by atoms with E-state index in [0.29, 0.717) is 25.4 Å². The minimum Gasteiger partial charge on any atom is -0.374 e. The Balaban J connectivity index is 1.39. The van der Waals surface area contributed by atoms with Crippen molar-refractivity contribution in [3.8, 4) is 0 Å². The number of rotatable bonds is 8. The number of aryl methyl sites for hydroxylation is 1. The van der Waals surface area contributed by atoms with Crippen molar-refractivity contribution in [1.82, 2.24) is 9.55 Å². The van der Waals surface area contributed by atoms with Crippen molar-refractivity contribution in [2.24, 2.45) is 0 Å². The van der Waals surface area contributed by atoms with Crippen LogP contribution in [-0.4, -0.2) is 40.6 Å². The van der Waals surface area contributed by atoms with E-state index in [4.69, 9.17) is 18.9 Å². The highest BCUT2D eigenvalue weighted by molar-refractivity contribution is 5.16. The minimum absolute atomic E-state index is 0.242. The lowest BCUT2D eigenvalue weighted by atomic mass is 10.00. The normalized spacial score (nSPS) is 26.0. The van der Waals surface area contributed by atoms with Gasteiger partial charge in [0.1, 0.15) is 17.8 Å². The largest absolute Gasteiger partial charge is 0.374 e. The second kappa shape index (κ2) is 9.07. The maximum atomic E-state index is 12.5. The average molecular weight is 450 g/mol. The van der Waals surface area contributed by atoms with Gasteiger partial charge in [0.05, 0.1) is 26.4 Å². The van der Waals surface area contributed by atoms with Gasteiger partial charge in [-0.25, -0.2) is 4.79 Å². The molecule has 5 rings (SSSR count). The molecule has 4 atom stereocenters. The van der Waals surface area contributed by atoms with E-state index in [0.717, 1.165) is 11.1 Å². The zero-order valence-electron chi connectivity index (χ0n) is 18.3. The first-order valence-corrected chi connectivity index (χ1v) is 10.9. The van der Waals surface area contributed by atoms with Gasteiger partial charge >= 0.3 is 5.69 Å². The number of nitrogens with one attached hydrogen (secondary N) is 1. The summed E-state index contributed by atoms with van der Waals surface area (Å²) in [4.78, 5) is 26.7. The van der Waals surface area contributed by atoms with Gasteiger partial charge in [-0.15, -0.1) is 0 Å². The van der Waals surface area contributed by atoms with Crippen LogP contribution >= 0.6 is 0 Å². The molecule has 0 spiro atoms. The van der Waals surface area contributed by atoms with Crippen LogP contribution in [0.1, 0.15) is 22.9 Å². The van der Waals surface area contributed by atoms with E-state index >= 15 is 0 Å². The molecule has 33 heavy (non-hydrogen) atoms. The number of benzene rings is 2. The van der Waals surface area contributed by atoms with E-state index in [1.807, 2.05) is 60.7 Å². The van der Waals surface area contributed by atoms with Crippen LogP contribution in [0.4, 0.5) is 0 Å². The third kappa shape index (κ3) is 4.30. The zero-order chi connectivity index (χ0) is 22.8. The van der Waals surface area contributed by atoms with Crippen molar-refractivity contribution in [2.75, 3.05) is 13.2 Å². The van der Waals surface area contributed by atoms with Crippen LogP contribution in [-0.2, 0) is 32.2 Å². The fourth-order valence-corrected chi connectivity index (χ4v) is 4.42. The number of aromatic amines is 1. The second-order valence-corrected chi connectivity index (χ2v) is 8.52. The van der Waals surface area contributed by atoms with E-state index in [1.54, 1.807) is 6.92 Å². The topological polar surface area (TPSA) is 91.8 Å². The Morgan fingerprint density at radius 2 is 1.70 bits per heavy atom. The number of aromatic nitrogens is 2. The van der Waals surface area contributed by atoms with Crippen LogP contribution < -0.4 is 11.2 Å². The molecule has 2 fully saturated rings. The highest BCUT2D eigenvalue weighted by atomic mass is 16.7. The first kappa shape index (κ1) is 21.8. The van der Waals surface area contributed by atoms with Crippen LogP contribution in [0.2, 0.25) is 0 Å². The van der Waals surface area contributed by atoms with Crippen LogP contribution in [0.15, 0.2) is 76.4 Å². The summed E-state index contributed by atoms with van der Waals surface area (Å²) in [6.07, 6.45) is -0.194. The molecule has 2 saturated heterocycles. The summed E-state index contributed by atoms with van der Waals surface area (Å²) in [6.45, 7) is 2.97. The lowest BCUT2D eigenvalue weighted by Gasteiger charge is -2.31. The Morgan fingerprint density at radius 3 is 2.39 bits per heavy atom. The van der Waals surface area contributed by atoms with Crippen LogP contribution in [0.25, 0.3) is 0 Å². The van der Waals surface area contributed by atoms with Crippen molar-refractivity contribution in [2.45, 2.75) is 44.2 Å². The predicted molar refractivity (Wildman–Crippen MR) is 120 cm³/mol. The van der Waals surface area contributed by atoms with E-state index in [9.17, 15) is 9.59 Å². The standard InChI is InChI=1S/C25H26N2O6/c1-17-12-27(24(29)26-22(17)28)23-20-21(31-14-19-10-6-3-7-11-19)25(33-23,16-32-20)15-30-13-18-8-4-2-5-9-18/h2-12,20-21,23H,13-16H2,1H3,(H,26,28,29)/t20-,21+,23+,25+/m1/s1. The summed E-state index contributed by atoms with van der Waals surface area (Å²) < 4.78 is 26.2. The molecular weight excluding hydrogens is 424 g/mol. The molecule has 2 aliphatic rings. The summed E-state index contributed by atoms with van der Waals surface area (Å²) in [5.74, 6) is 0. The fourth-order valence-electron chi connectivity index (χ4n) is 4.42. The highest BCUT2D eigenvalue weighted by Gasteiger charge is 2.63. The SMILES string of the molecule is Cc1cn([C@H]2O[C@@]3(COCc4ccccc4)CO[C@@H]2[C@@H]3OCc2ccccc2)c(=O)[nH]c1=O. The molecule has 0 saturated carbocycles. The van der Waals surface area contributed by atoms with Gasteiger partial charge in [0.25, 0.3) is 5.56 Å². The molecule has 3 aromatic rings. The Bertz CT molecular complexity index is 1210. The lowest BCUT2D eigenvalue weighted by molar-refractivity contribution is -0.197. The molecular formula is C25H26N2O6. The number of hydrogen-bond donors (Lipinski definition) is 1. The molecule has 3 heterocycles. The van der Waals surface area contributed by atoms with Crippen molar-refractivity contribution in [3.05, 3.63) is 104 Å². The van der Waals surface area contributed by atoms with Gasteiger partial charge in [0.15, 0.2) is 6.23 Å². The molecule has 1 N–H and O–H groups in total. The van der Waals surface area contributed by atoms with Gasteiger partial charge in [-0.2, -0.15) is 0 Å². The number of hydrogen-bond acceptors (Lipinski definition) is 6. The molecule has 0 radical (unpaired) electrons. The smallest absolute Gasteiger partial charge is 0.330 e. The summed E-state index contributed by atoms with van der Waals surface area (Å²) in [6, 6.07) is 19.7. The number of H-pyrrole nitrogens is 1. The summed E-state index contributed by atoms with van der Waals surface area (Å²) in [5, 5.41) is 0. The van der Waals surface area contributed by atoms with Crippen molar-refractivity contribution in [1.29, 1.82) is 0 Å². The molecule has 8 nitrogen and oxygen atoms in total. The van der Waals surface area contributed by atoms with Crippen molar-refractivity contribution in [3.63, 3.8) is 0 Å². The van der Waals surface area contributed by atoms with Gasteiger partial charge in [0, 0.05) is 11.8 Å². The van der Waals surface area contributed by atoms with Gasteiger partial charge in [-0.1, -0.05) is 60.7 Å². The first-order valence-electron chi connectivity index (χ1n) is 10.9. The van der Waals surface area contributed by atoms with Crippen LogP contribution in [0.5, 0.6) is 0 Å². The molecule has 2 aliphatic heterocycles. The van der Waals surface area contributed by atoms with E-state index < -0.39 is 35.3 Å². The van der Waals surface area contributed by atoms with E-state index in [2.05, 4.69) is 4.98 Å². The van der Waals surface area contributed by atoms with Crippen LogP contribution in [0, 0.1) is 6.92 Å². The molecule has 0 aliphatic carbocycles. The molecule has 1 aromatic heterocycles. The Labute approximate surface area is 190 Å². The van der Waals surface area contributed by atoms with E-state index in [1.165, 1.54) is 10.8 Å². The predicted octanol–water partition coefficient (Wildman–Crippen LogP) is 2.31. The number of ether oxygens (including phenoxy) is 4. The van der Waals surface area contributed by atoms with Crippen molar-refractivity contribution >= 4 is 0 Å². The lowest BCUT2D eigenvalue weighted by Crippen LogP contribution is -2.46. The Morgan fingerprint density at radius 1 is 1.03 bits per heavy atom. The summed E-state index contributed by atoms with van der Waals surface area (Å²) in [5.41, 5.74) is 0.651. The molecule has 172 valence electrons. The fraction of sp³-hybridized carbons (Fsp3) is 0.360. The maximum absolute atomic E-state index is 12.5. The van der Waals surface area contributed by atoms with Gasteiger partial charge in [-0.3, -0.25) is 14.3 Å². The van der Waals surface area contributed by atoms with Gasteiger partial charge < -0.3 is 18.9 Å². The van der Waals surface area contributed by atoms with Crippen molar-refractivity contribution < 1.29 is 18.9 Å². The quantitative estimate of drug-likeness (QED) is 0.566. The molecule has 0 unspecified atom stereocenters. The maximum Gasteiger partial charge on any atom is 0.330 e. The third-order valence-corrected chi connectivity index (χ3v) is 6.12. The van der Waals surface area contributed by atoms with Crippen LogP contribution in [0.3, 0.4) is 0 Å². The summed E-state index contributed by atoms with van der Waals surface area (Å²) >= 11 is 0. The summed E-state index contributed by atoms with van der Waals surface area (Å²) in [7, 11) is 0. The third-order valence-electron chi connectivity index (χ3n) is 6.12. The number of fused-ring (bicyclic) bond motifs is 2. The van der Waals surface area contributed by atoms with Gasteiger partial charge in [-0.05, 0) is 18.1 Å². The Hall–Kier alpha value is -3.04. The van der Waals surface area contributed by atoms with Gasteiger partial charge in [0.2, 0.25) is 0 Å². The molecule has 0 amide bonds. The van der Waals surface area contributed by atoms with E-state index in [-0.39, 0.29) is 6.61 Å². The average Bonchev–Trinajstić information content (AvgIpc) is 3.33. The first-order chi connectivity index (χ1) is 16.1. The highest BCUT2D eigenvalue weighted by Crippen LogP contribution is 2.46. The molecule has 2 bridgehead atoms. The Kier molecular flexibility index (Phi) is 5.99. The minimum atomic E-state index is -0.873. The molecule has 8 heteroatoms. The monoisotopic (exact) mass is 450 g/mol. The number of nitrogens with zero attached hydrogens (tertiary/aromatic N) is 1. The zero-order valence-corrected chi connectivity index (χ0v) is 18.3. The second-order valence-electron chi connectivity index (χ2n) is 8.52.